The van der Waals surface area contributed by atoms with Crippen molar-refractivity contribution in [2.75, 3.05) is 0 Å². The number of ketones is 1. The molecular weight excluding hydrogens is 577 g/mol. The normalized spacial score (nSPS) is 32.3. The standard InChI is InChI=1S/C27H38INO5S/c1-16-9-7-8-10-21(28)25(32)18(3)26(33)27(5,6)23(30)14-24(31)34-22(12-11-16)17(2)13-20-15-35-19(4)29-20/h7-8,11,13,15,18,21-23,25,30,32H,9-10,12,14H2,1-6H3/b8-7+,16-11-,17-13+/t18-,21+,22+,23+,25-/m1/s1. The first kappa shape index (κ1) is 29.9. The molecular formula is C27H38INO5S. The van der Waals surface area contributed by atoms with Crippen molar-refractivity contribution in [3.63, 3.8) is 0 Å². The minimum atomic E-state index is -1.23. The van der Waals surface area contributed by atoms with E-state index in [4.69, 9.17) is 4.74 Å². The number of Topliss-reactive ketones (excluding diaryl/α,β-unsaturated/α-hetero) is 1. The molecule has 0 saturated heterocycles. The summed E-state index contributed by atoms with van der Waals surface area (Å²) in [6.45, 7) is 10.8. The minimum absolute atomic E-state index is 0.146. The van der Waals surface area contributed by atoms with E-state index in [1.54, 1.807) is 32.1 Å². The van der Waals surface area contributed by atoms with Gasteiger partial charge in [-0.3, -0.25) is 9.59 Å². The Morgan fingerprint density at radius 1 is 1.23 bits per heavy atom. The van der Waals surface area contributed by atoms with Crippen LogP contribution < -0.4 is 0 Å². The van der Waals surface area contributed by atoms with Gasteiger partial charge in [-0.25, -0.2) is 4.98 Å². The molecule has 0 saturated carbocycles. The van der Waals surface area contributed by atoms with E-state index >= 15 is 0 Å². The van der Waals surface area contributed by atoms with Crippen molar-refractivity contribution >= 4 is 51.8 Å². The number of cyclic esters (lactones) is 1. The van der Waals surface area contributed by atoms with E-state index in [1.165, 1.54) is 0 Å². The van der Waals surface area contributed by atoms with Gasteiger partial charge in [0.2, 0.25) is 0 Å². The molecule has 2 rings (SSSR count). The minimum Gasteiger partial charge on any atom is -0.457 e. The molecule has 1 aromatic heterocycles. The molecule has 194 valence electrons. The van der Waals surface area contributed by atoms with Crippen molar-refractivity contribution in [1.29, 1.82) is 0 Å². The fraction of sp³-hybridized carbons (Fsp3) is 0.593. The van der Waals surface area contributed by atoms with Gasteiger partial charge in [-0.1, -0.05) is 67.2 Å². The Labute approximate surface area is 226 Å². The molecule has 1 aromatic rings. The number of hydrogen-bond donors (Lipinski definition) is 2. The van der Waals surface area contributed by atoms with Crippen LogP contribution in [0.1, 0.15) is 71.0 Å². The van der Waals surface area contributed by atoms with Crippen LogP contribution in [0.25, 0.3) is 6.08 Å². The lowest BCUT2D eigenvalue weighted by Gasteiger charge is -2.34. The third-order valence-corrected chi connectivity index (χ3v) is 8.60. The Kier molecular flexibility index (Phi) is 11.3. The number of thiazole rings is 1. The molecule has 0 radical (unpaired) electrons. The molecule has 6 nitrogen and oxygen atoms in total. The van der Waals surface area contributed by atoms with Crippen LogP contribution in [-0.2, 0) is 14.3 Å². The predicted octanol–water partition coefficient (Wildman–Crippen LogP) is 5.60. The summed E-state index contributed by atoms with van der Waals surface area (Å²) in [5.74, 6) is -1.52. The van der Waals surface area contributed by atoms with Gasteiger partial charge in [0, 0.05) is 21.6 Å². The lowest BCUT2D eigenvalue weighted by molar-refractivity contribution is -0.153. The monoisotopic (exact) mass is 615 g/mol. The van der Waals surface area contributed by atoms with Crippen LogP contribution in [0.15, 0.2) is 34.8 Å². The lowest BCUT2D eigenvalue weighted by atomic mass is 9.74. The number of carbonyl (C=O) groups is 2. The highest BCUT2D eigenvalue weighted by Crippen LogP contribution is 2.32. The van der Waals surface area contributed by atoms with Crippen molar-refractivity contribution in [3.05, 3.63) is 45.5 Å². The fourth-order valence-corrected chi connectivity index (χ4v) is 5.45. The zero-order valence-corrected chi connectivity index (χ0v) is 24.4. The summed E-state index contributed by atoms with van der Waals surface area (Å²) >= 11 is 3.73. The Balaban J connectivity index is 2.35. The summed E-state index contributed by atoms with van der Waals surface area (Å²) in [7, 11) is 0. The third-order valence-electron chi connectivity index (χ3n) is 6.57. The molecule has 0 aromatic carbocycles. The third kappa shape index (κ3) is 8.61. The van der Waals surface area contributed by atoms with E-state index in [9.17, 15) is 19.8 Å². The Bertz CT molecular complexity index is 980. The number of nitrogens with zero attached hydrogens (tertiary/aromatic N) is 1. The van der Waals surface area contributed by atoms with Crippen molar-refractivity contribution in [2.45, 2.75) is 89.5 Å². The number of hydrogen-bond acceptors (Lipinski definition) is 7. The van der Waals surface area contributed by atoms with Gasteiger partial charge in [-0.2, -0.15) is 0 Å². The van der Waals surface area contributed by atoms with Gasteiger partial charge in [-0.15, -0.1) is 11.3 Å². The van der Waals surface area contributed by atoms with E-state index in [-0.39, 0.29) is 16.1 Å². The van der Waals surface area contributed by atoms with Gasteiger partial charge in [0.1, 0.15) is 11.9 Å². The maximum Gasteiger partial charge on any atom is 0.309 e. The summed E-state index contributed by atoms with van der Waals surface area (Å²) in [5.41, 5.74) is 1.60. The van der Waals surface area contributed by atoms with Crippen LogP contribution in [0.3, 0.4) is 0 Å². The molecule has 2 heterocycles. The van der Waals surface area contributed by atoms with E-state index in [0.29, 0.717) is 12.8 Å². The van der Waals surface area contributed by atoms with Gasteiger partial charge in [0.15, 0.2) is 0 Å². The zero-order valence-electron chi connectivity index (χ0n) is 21.5. The van der Waals surface area contributed by atoms with Gasteiger partial charge < -0.3 is 14.9 Å². The molecule has 0 amide bonds. The molecule has 5 atom stereocenters. The molecule has 0 spiro atoms. The van der Waals surface area contributed by atoms with Crippen LogP contribution in [0.2, 0.25) is 0 Å². The molecule has 1 aliphatic heterocycles. The predicted molar refractivity (Wildman–Crippen MR) is 150 cm³/mol. The number of aryl methyl sites for hydroxylation is 1. The first-order valence-electron chi connectivity index (χ1n) is 12.0. The average molecular weight is 616 g/mol. The SMILES string of the molecule is C/C1=C/C[C@@H](/C(C)=C/c2csc(C)n2)OC(=O)C[C@H](O)C(C)(C)C(=O)[C@H](C)[C@@H](O)[C@@H](I)C/C=C/C1. The highest BCUT2D eigenvalue weighted by molar-refractivity contribution is 14.1. The second kappa shape index (κ2) is 13.3. The summed E-state index contributed by atoms with van der Waals surface area (Å²) in [6.07, 6.45) is 7.04. The molecule has 35 heavy (non-hydrogen) atoms. The highest BCUT2D eigenvalue weighted by atomic mass is 127. The molecule has 0 unspecified atom stereocenters. The Morgan fingerprint density at radius 3 is 2.54 bits per heavy atom. The number of halogens is 1. The summed E-state index contributed by atoms with van der Waals surface area (Å²) in [5, 5.41) is 24.5. The number of alkyl halides is 1. The highest BCUT2D eigenvalue weighted by Gasteiger charge is 2.42. The molecule has 0 bridgehead atoms. The van der Waals surface area contributed by atoms with Gasteiger partial charge in [-0.05, 0) is 45.3 Å². The maximum absolute atomic E-state index is 13.2. The molecule has 0 aliphatic carbocycles. The van der Waals surface area contributed by atoms with Crippen LogP contribution >= 0.6 is 33.9 Å². The molecule has 0 fully saturated rings. The number of aliphatic hydroxyl groups excluding tert-OH is 2. The number of allylic oxidation sites excluding steroid dienone is 3. The second-order valence-corrected chi connectivity index (χ2v) is 12.6. The second-order valence-electron chi connectivity index (χ2n) is 9.96. The number of aliphatic hydroxyl groups is 2. The molecule has 2 N–H and O–H groups in total. The Morgan fingerprint density at radius 2 is 1.91 bits per heavy atom. The first-order chi connectivity index (χ1) is 16.3. The number of aromatic nitrogens is 1. The summed E-state index contributed by atoms with van der Waals surface area (Å²) in [4.78, 5) is 30.5. The van der Waals surface area contributed by atoms with Crippen LogP contribution in [0.5, 0.6) is 0 Å². The van der Waals surface area contributed by atoms with Crippen LogP contribution in [-0.4, -0.2) is 49.2 Å². The summed E-state index contributed by atoms with van der Waals surface area (Å²) < 4.78 is 5.67. The van der Waals surface area contributed by atoms with E-state index in [0.717, 1.165) is 28.3 Å². The van der Waals surface area contributed by atoms with E-state index in [2.05, 4.69) is 39.7 Å². The van der Waals surface area contributed by atoms with Crippen molar-refractivity contribution in [2.24, 2.45) is 11.3 Å². The lowest BCUT2D eigenvalue weighted by Crippen LogP contribution is -2.46. The van der Waals surface area contributed by atoms with Crippen molar-refractivity contribution in [1.82, 2.24) is 4.98 Å². The quantitative estimate of drug-likeness (QED) is 0.195. The number of esters is 1. The number of ether oxygens (including phenoxy) is 1. The van der Waals surface area contributed by atoms with Crippen LogP contribution in [0.4, 0.5) is 0 Å². The first-order valence-corrected chi connectivity index (χ1v) is 14.1. The maximum atomic E-state index is 13.2. The average Bonchev–Trinajstić information content (AvgIpc) is 3.21. The van der Waals surface area contributed by atoms with Crippen molar-refractivity contribution in [3.8, 4) is 0 Å². The van der Waals surface area contributed by atoms with Gasteiger partial charge in [0.25, 0.3) is 0 Å². The summed E-state index contributed by atoms with van der Waals surface area (Å²) in [6, 6.07) is 0. The van der Waals surface area contributed by atoms with Gasteiger partial charge >= 0.3 is 5.97 Å². The topological polar surface area (TPSA) is 96.7 Å². The zero-order chi connectivity index (χ0) is 26.3. The largest absolute Gasteiger partial charge is 0.457 e. The molecule has 1 aliphatic rings. The number of rotatable bonds is 2. The molecule has 8 heteroatoms. The van der Waals surface area contributed by atoms with Crippen molar-refractivity contribution < 1.29 is 24.5 Å². The van der Waals surface area contributed by atoms with E-state index < -0.39 is 35.6 Å². The van der Waals surface area contributed by atoms with Gasteiger partial charge in [0.05, 0.1) is 34.7 Å². The number of carbonyl (C=O) groups excluding carboxylic acids is 2. The smallest absolute Gasteiger partial charge is 0.309 e. The van der Waals surface area contributed by atoms with E-state index in [1.807, 2.05) is 38.3 Å². The fourth-order valence-electron chi connectivity index (χ4n) is 3.97. The van der Waals surface area contributed by atoms with Crippen LogP contribution in [0, 0.1) is 18.3 Å². The Hall–Kier alpha value is -1.36.